The van der Waals surface area contributed by atoms with Crippen molar-refractivity contribution in [3.8, 4) is 5.75 Å². The summed E-state index contributed by atoms with van der Waals surface area (Å²) in [4.78, 5) is 5.23. The third-order valence-corrected chi connectivity index (χ3v) is 4.17. The number of nitrogens with two attached hydrogens (primary N) is 1. The van der Waals surface area contributed by atoms with Crippen molar-refractivity contribution in [3.63, 3.8) is 0 Å². The second kappa shape index (κ2) is 10.6. The van der Waals surface area contributed by atoms with Crippen LogP contribution in [-0.4, -0.2) is 25.4 Å². The zero-order valence-corrected chi connectivity index (χ0v) is 16.9. The summed E-state index contributed by atoms with van der Waals surface area (Å²) in [5, 5.41) is 3.47. The molecule has 24 heavy (non-hydrogen) atoms. The maximum atomic E-state index is 12.8. The summed E-state index contributed by atoms with van der Waals surface area (Å²) in [7, 11) is 1.56. The first-order chi connectivity index (χ1) is 11.1. The van der Waals surface area contributed by atoms with E-state index in [4.69, 9.17) is 22.1 Å². The normalized spacial score (nSPS) is 10.9. The van der Waals surface area contributed by atoms with Crippen molar-refractivity contribution in [1.82, 2.24) is 0 Å². The number of aliphatic imine (C=N–C) groups is 1. The highest BCUT2D eigenvalue weighted by Gasteiger charge is 2.02. The standard InChI is InChI=1S/C16H17ClFN3OS.HI/c1-22-15-7-4-12(10-14(15)17)21-16(19)20-8-9-23-13-5-2-11(18)3-6-13;/h2-7,10H,8-9H2,1H3,(H3,19,20,21);1H. The quantitative estimate of drug-likeness (QED) is 0.208. The first-order valence-corrected chi connectivity index (χ1v) is 8.23. The fourth-order valence-electron chi connectivity index (χ4n) is 1.79. The molecule has 2 aromatic carbocycles. The van der Waals surface area contributed by atoms with Crippen molar-refractivity contribution in [2.45, 2.75) is 4.90 Å². The van der Waals surface area contributed by atoms with E-state index in [1.165, 1.54) is 12.1 Å². The van der Waals surface area contributed by atoms with Gasteiger partial charge in [0.15, 0.2) is 5.96 Å². The van der Waals surface area contributed by atoms with E-state index < -0.39 is 0 Å². The molecule has 0 atom stereocenters. The second-order valence-corrected chi connectivity index (χ2v) is 6.12. The number of rotatable bonds is 6. The monoisotopic (exact) mass is 481 g/mol. The Labute approximate surface area is 167 Å². The number of guanidine groups is 1. The minimum Gasteiger partial charge on any atom is -0.495 e. The Hall–Kier alpha value is -1.19. The van der Waals surface area contributed by atoms with Gasteiger partial charge in [0.25, 0.3) is 0 Å². The molecular weight excluding hydrogens is 464 g/mol. The van der Waals surface area contributed by atoms with Gasteiger partial charge >= 0.3 is 0 Å². The summed E-state index contributed by atoms with van der Waals surface area (Å²) in [6.45, 7) is 0.546. The van der Waals surface area contributed by atoms with Gasteiger partial charge in [-0.2, -0.15) is 0 Å². The van der Waals surface area contributed by atoms with E-state index in [1.54, 1.807) is 49.2 Å². The fraction of sp³-hybridized carbons (Fsp3) is 0.188. The van der Waals surface area contributed by atoms with Crippen LogP contribution >= 0.6 is 47.3 Å². The highest BCUT2D eigenvalue weighted by atomic mass is 127. The highest BCUT2D eigenvalue weighted by Crippen LogP contribution is 2.27. The van der Waals surface area contributed by atoms with Gasteiger partial charge < -0.3 is 15.8 Å². The van der Waals surface area contributed by atoms with Gasteiger partial charge in [-0.05, 0) is 42.5 Å². The molecule has 0 unspecified atom stereocenters. The molecule has 0 aliphatic rings. The number of benzene rings is 2. The molecule has 0 aliphatic carbocycles. The third-order valence-electron chi connectivity index (χ3n) is 2.88. The molecule has 2 aromatic rings. The first kappa shape index (κ1) is 20.9. The molecule has 0 fully saturated rings. The number of nitrogens with zero attached hydrogens (tertiary/aromatic N) is 1. The Morgan fingerprint density at radius 3 is 2.62 bits per heavy atom. The maximum Gasteiger partial charge on any atom is 0.193 e. The van der Waals surface area contributed by atoms with Crippen molar-refractivity contribution in [3.05, 3.63) is 53.3 Å². The van der Waals surface area contributed by atoms with E-state index in [-0.39, 0.29) is 29.8 Å². The molecule has 0 aromatic heterocycles. The molecular formula is C16H18ClFIN3OS. The lowest BCUT2D eigenvalue weighted by atomic mass is 10.3. The predicted molar refractivity (Wildman–Crippen MR) is 111 cm³/mol. The molecule has 0 saturated heterocycles. The number of halogens is 3. The van der Waals surface area contributed by atoms with E-state index in [0.717, 1.165) is 16.3 Å². The molecule has 0 aliphatic heterocycles. The Bertz CT molecular complexity index is 686. The summed E-state index contributed by atoms with van der Waals surface area (Å²) >= 11 is 7.63. The molecule has 0 amide bonds. The lowest BCUT2D eigenvalue weighted by Crippen LogP contribution is -2.23. The largest absolute Gasteiger partial charge is 0.495 e. The molecule has 0 saturated carbocycles. The van der Waals surface area contributed by atoms with Gasteiger partial charge in [0.05, 0.1) is 18.7 Å². The number of nitrogens with one attached hydrogen (secondary N) is 1. The highest BCUT2D eigenvalue weighted by molar-refractivity contribution is 14.0. The minimum atomic E-state index is -0.237. The van der Waals surface area contributed by atoms with Crippen LogP contribution in [0.3, 0.4) is 0 Å². The second-order valence-electron chi connectivity index (χ2n) is 4.54. The molecule has 0 bridgehead atoms. The Balaban J connectivity index is 0.00000288. The summed E-state index contributed by atoms with van der Waals surface area (Å²) in [6.07, 6.45) is 0. The van der Waals surface area contributed by atoms with Crippen molar-refractivity contribution in [2.75, 3.05) is 24.7 Å². The average Bonchev–Trinajstić information content (AvgIpc) is 2.53. The lowest BCUT2D eigenvalue weighted by molar-refractivity contribution is 0.415. The van der Waals surface area contributed by atoms with Gasteiger partial charge in [-0.3, -0.25) is 4.99 Å². The van der Waals surface area contributed by atoms with Crippen LogP contribution in [0.2, 0.25) is 5.02 Å². The number of hydrogen-bond acceptors (Lipinski definition) is 3. The lowest BCUT2D eigenvalue weighted by Gasteiger charge is -2.08. The maximum absolute atomic E-state index is 12.8. The van der Waals surface area contributed by atoms with Crippen LogP contribution < -0.4 is 15.8 Å². The summed E-state index contributed by atoms with van der Waals surface area (Å²) in [5.41, 5.74) is 6.57. The Kier molecular flexibility index (Phi) is 9.24. The van der Waals surface area contributed by atoms with E-state index in [2.05, 4.69) is 10.3 Å². The van der Waals surface area contributed by atoms with Crippen LogP contribution in [0.1, 0.15) is 0 Å². The fourth-order valence-corrected chi connectivity index (χ4v) is 2.80. The van der Waals surface area contributed by atoms with Crippen LogP contribution in [0, 0.1) is 5.82 Å². The predicted octanol–water partition coefficient (Wildman–Crippen LogP) is 4.62. The van der Waals surface area contributed by atoms with E-state index >= 15 is 0 Å². The molecule has 0 radical (unpaired) electrons. The minimum absolute atomic E-state index is 0. The molecule has 130 valence electrons. The summed E-state index contributed by atoms with van der Waals surface area (Å²) in [6, 6.07) is 11.6. The number of thioether (sulfide) groups is 1. The average molecular weight is 482 g/mol. The topological polar surface area (TPSA) is 59.6 Å². The molecule has 2 rings (SSSR count). The molecule has 4 nitrogen and oxygen atoms in total. The van der Waals surface area contributed by atoms with Crippen LogP contribution in [0.25, 0.3) is 0 Å². The van der Waals surface area contributed by atoms with Gasteiger partial charge in [-0.1, -0.05) is 11.6 Å². The number of ether oxygens (including phenoxy) is 1. The van der Waals surface area contributed by atoms with Gasteiger partial charge in [-0.25, -0.2) is 4.39 Å². The Morgan fingerprint density at radius 1 is 1.29 bits per heavy atom. The van der Waals surface area contributed by atoms with E-state index in [9.17, 15) is 4.39 Å². The number of methoxy groups -OCH3 is 1. The number of hydrogen-bond donors (Lipinski definition) is 2. The van der Waals surface area contributed by atoms with Crippen molar-refractivity contribution in [1.29, 1.82) is 0 Å². The van der Waals surface area contributed by atoms with Crippen molar-refractivity contribution in [2.24, 2.45) is 10.7 Å². The van der Waals surface area contributed by atoms with Gasteiger partial charge in [-0.15, -0.1) is 35.7 Å². The summed E-state index contributed by atoms with van der Waals surface area (Å²) in [5.74, 6) is 1.42. The van der Waals surface area contributed by atoms with Gasteiger partial charge in [0.1, 0.15) is 11.6 Å². The zero-order chi connectivity index (χ0) is 16.7. The van der Waals surface area contributed by atoms with Crippen molar-refractivity contribution < 1.29 is 9.13 Å². The van der Waals surface area contributed by atoms with Crippen LogP contribution in [0.15, 0.2) is 52.4 Å². The van der Waals surface area contributed by atoms with E-state index in [1.807, 2.05) is 0 Å². The Morgan fingerprint density at radius 2 is 2.00 bits per heavy atom. The smallest absolute Gasteiger partial charge is 0.193 e. The molecule has 0 spiro atoms. The summed E-state index contributed by atoms with van der Waals surface area (Å²) < 4.78 is 17.9. The van der Waals surface area contributed by atoms with Gasteiger partial charge in [0.2, 0.25) is 0 Å². The first-order valence-electron chi connectivity index (χ1n) is 6.87. The SMILES string of the molecule is COc1ccc(NC(N)=NCCSc2ccc(F)cc2)cc1Cl.I. The van der Waals surface area contributed by atoms with Crippen LogP contribution in [-0.2, 0) is 0 Å². The van der Waals surface area contributed by atoms with Crippen LogP contribution in [0.4, 0.5) is 10.1 Å². The number of anilines is 1. The third kappa shape index (κ3) is 6.74. The molecule has 3 N–H and O–H groups in total. The van der Waals surface area contributed by atoms with Crippen molar-refractivity contribution >= 4 is 59.0 Å². The van der Waals surface area contributed by atoms with Crippen LogP contribution in [0.5, 0.6) is 5.75 Å². The molecule has 0 heterocycles. The van der Waals surface area contributed by atoms with Gasteiger partial charge in [0, 0.05) is 16.3 Å². The molecule has 8 heteroatoms. The van der Waals surface area contributed by atoms with E-state index in [0.29, 0.717) is 23.3 Å². The zero-order valence-electron chi connectivity index (χ0n) is 13.0.